The van der Waals surface area contributed by atoms with Crippen molar-refractivity contribution < 1.29 is 8.42 Å². The molecule has 7 heteroatoms. The lowest BCUT2D eigenvalue weighted by Gasteiger charge is -2.40. The van der Waals surface area contributed by atoms with Gasteiger partial charge in [-0.25, -0.2) is 13.4 Å². The highest BCUT2D eigenvalue weighted by Gasteiger charge is 2.40. The van der Waals surface area contributed by atoms with E-state index in [-0.39, 0.29) is 5.03 Å². The maximum atomic E-state index is 12.7. The summed E-state index contributed by atoms with van der Waals surface area (Å²) in [6.07, 6.45) is 4.83. The van der Waals surface area contributed by atoms with Crippen molar-refractivity contribution in [3.63, 3.8) is 0 Å². The molecule has 3 N–H and O–H groups in total. The molecule has 0 saturated carbocycles. The normalized spacial score (nSPS) is 13.1. The molecular formula is C12H24N4O2S. The highest BCUT2D eigenvalue weighted by atomic mass is 32.2. The second-order valence-electron chi connectivity index (χ2n) is 4.63. The summed E-state index contributed by atoms with van der Waals surface area (Å²) in [5, 5.41) is 0.126. The first kappa shape index (κ1) is 16.1. The Balaban J connectivity index is 3.27. The zero-order valence-corrected chi connectivity index (χ0v) is 12.7. The molecule has 0 unspecified atom stereocenters. The van der Waals surface area contributed by atoms with Gasteiger partial charge in [0.25, 0.3) is 10.0 Å². The van der Waals surface area contributed by atoms with Crippen LogP contribution in [0.15, 0.2) is 17.6 Å². The summed E-state index contributed by atoms with van der Waals surface area (Å²) in [6, 6.07) is 0. The van der Waals surface area contributed by atoms with Gasteiger partial charge in [0, 0.05) is 18.6 Å². The number of hydrogen-bond donors (Lipinski definition) is 2. The van der Waals surface area contributed by atoms with Crippen molar-refractivity contribution in [1.82, 2.24) is 14.3 Å². The monoisotopic (exact) mass is 288 g/mol. The van der Waals surface area contributed by atoms with E-state index in [2.05, 4.69) is 9.97 Å². The van der Waals surface area contributed by atoms with E-state index < -0.39 is 15.6 Å². The molecule has 0 bridgehead atoms. The van der Waals surface area contributed by atoms with Crippen molar-refractivity contribution >= 4 is 10.0 Å². The van der Waals surface area contributed by atoms with Crippen LogP contribution >= 0.6 is 0 Å². The van der Waals surface area contributed by atoms with Crippen molar-refractivity contribution in [2.75, 3.05) is 13.1 Å². The zero-order chi connectivity index (χ0) is 14.5. The molecule has 0 fully saturated rings. The fraction of sp³-hybridized carbons (Fsp3) is 0.750. The van der Waals surface area contributed by atoms with Crippen LogP contribution in [0, 0.1) is 0 Å². The van der Waals surface area contributed by atoms with E-state index in [9.17, 15) is 8.42 Å². The standard InChI is InChI=1S/C12H24N4O2S/c1-4-7-16(12(5-2,6-3)9-13)19(17,18)11-8-14-10-15-11/h8,10H,4-7,9,13H2,1-3H3,(H,14,15). The van der Waals surface area contributed by atoms with Crippen LogP contribution in [-0.4, -0.2) is 41.3 Å². The number of nitrogens with two attached hydrogens (primary N) is 1. The second-order valence-corrected chi connectivity index (χ2v) is 6.46. The molecule has 0 aliphatic heterocycles. The van der Waals surface area contributed by atoms with Gasteiger partial charge in [0.1, 0.15) is 0 Å². The van der Waals surface area contributed by atoms with Gasteiger partial charge in [-0.2, -0.15) is 4.31 Å². The van der Waals surface area contributed by atoms with Crippen LogP contribution in [0.3, 0.4) is 0 Å². The summed E-state index contributed by atoms with van der Waals surface area (Å²) in [4.78, 5) is 6.48. The van der Waals surface area contributed by atoms with E-state index in [4.69, 9.17) is 5.73 Å². The average molecular weight is 288 g/mol. The predicted molar refractivity (Wildman–Crippen MR) is 75.1 cm³/mol. The smallest absolute Gasteiger partial charge is 0.260 e. The van der Waals surface area contributed by atoms with Crippen molar-refractivity contribution in [1.29, 1.82) is 0 Å². The molecule has 0 amide bonds. The van der Waals surface area contributed by atoms with Crippen LogP contribution in [0.25, 0.3) is 0 Å². The maximum absolute atomic E-state index is 12.7. The Bertz CT molecular complexity index is 458. The van der Waals surface area contributed by atoms with Crippen LogP contribution in [0.4, 0.5) is 0 Å². The molecule has 0 aliphatic rings. The van der Waals surface area contributed by atoms with Gasteiger partial charge in [-0.15, -0.1) is 0 Å². The number of sulfonamides is 1. The minimum Gasteiger partial charge on any atom is -0.335 e. The van der Waals surface area contributed by atoms with Crippen LogP contribution in [0.5, 0.6) is 0 Å². The molecule has 6 nitrogen and oxygen atoms in total. The lowest BCUT2D eigenvalue weighted by atomic mass is 9.93. The van der Waals surface area contributed by atoms with E-state index in [1.807, 2.05) is 20.8 Å². The molecule has 1 rings (SSSR count). The maximum Gasteiger partial charge on any atom is 0.260 e. The quantitative estimate of drug-likeness (QED) is 0.754. The van der Waals surface area contributed by atoms with E-state index >= 15 is 0 Å². The van der Waals surface area contributed by atoms with Crippen molar-refractivity contribution in [2.45, 2.75) is 50.6 Å². The average Bonchev–Trinajstić information content (AvgIpc) is 2.94. The largest absolute Gasteiger partial charge is 0.335 e. The number of H-pyrrole nitrogens is 1. The highest BCUT2D eigenvalue weighted by Crippen LogP contribution is 2.29. The molecule has 110 valence electrons. The first-order chi connectivity index (χ1) is 8.98. The SMILES string of the molecule is CCCN(C(CC)(CC)CN)S(=O)(=O)c1cnc[nH]1. The number of hydrogen-bond acceptors (Lipinski definition) is 4. The molecule has 0 aliphatic carbocycles. The van der Waals surface area contributed by atoms with E-state index in [0.717, 1.165) is 6.42 Å². The molecule has 19 heavy (non-hydrogen) atoms. The number of nitrogens with zero attached hydrogens (tertiary/aromatic N) is 2. The fourth-order valence-corrected chi connectivity index (χ4v) is 4.21. The van der Waals surface area contributed by atoms with Gasteiger partial charge in [0.05, 0.1) is 12.5 Å². The lowest BCUT2D eigenvalue weighted by molar-refractivity contribution is 0.177. The Kier molecular flexibility index (Phi) is 5.51. The van der Waals surface area contributed by atoms with E-state index in [1.165, 1.54) is 16.8 Å². The number of imidazole rings is 1. The Morgan fingerprint density at radius 1 is 1.37 bits per heavy atom. The van der Waals surface area contributed by atoms with Gasteiger partial charge in [0.15, 0.2) is 5.03 Å². The Morgan fingerprint density at radius 2 is 2.00 bits per heavy atom. The minimum atomic E-state index is -3.58. The number of rotatable bonds is 8. The van der Waals surface area contributed by atoms with Crippen LogP contribution in [-0.2, 0) is 10.0 Å². The zero-order valence-electron chi connectivity index (χ0n) is 11.9. The summed E-state index contributed by atoms with van der Waals surface area (Å²) in [5.41, 5.74) is 5.35. The molecule has 0 radical (unpaired) electrons. The Labute approximate surface area is 115 Å². The molecule has 1 aromatic heterocycles. The van der Waals surface area contributed by atoms with Gasteiger partial charge in [-0.3, -0.25) is 0 Å². The van der Waals surface area contributed by atoms with Crippen LogP contribution in [0.2, 0.25) is 0 Å². The summed E-state index contributed by atoms with van der Waals surface area (Å²) in [5.74, 6) is 0. The topological polar surface area (TPSA) is 92.1 Å². The first-order valence-corrected chi connectivity index (χ1v) is 8.13. The third-order valence-electron chi connectivity index (χ3n) is 3.69. The molecular weight excluding hydrogens is 264 g/mol. The number of aromatic amines is 1. The molecule has 0 aromatic carbocycles. The summed E-state index contributed by atoms with van der Waals surface area (Å²) in [6.45, 7) is 6.68. The summed E-state index contributed by atoms with van der Waals surface area (Å²) >= 11 is 0. The van der Waals surface area contributed by atoms with E-state index in [1.54, 1.807) is 0 Å². The van der Waals surface area contributed by atoms with Gasteiger partial charge < -0.3 is 10.7 Å². The molecule has 0 spiro atoms. The van der Waals surface area contributed by atoms with Gasteiger partial charge in [-0.05, 0) is 19.3 Å². The van der Waals surface area contributed by atoms with Crippen LogP contribution in [0.1, 0.15) is 40.0 Å². The first-order valence-electron chi connectivity index (χ1n) is 6.69. The third kappa shape index (κ3) is 2.98. The van der Waals surface area contributed by atoms with Crippen molar-refractivity contribution in [2.24, 2.45) is 5.73 Å². The highest BCUT2D eigenvalue weighted by molar-refractivity contribution is 7.89. The molecule has 0 saturated heterocycles. The van der Waals surface area contributed by atoms with Crippen molar-refractivity contribution in [3.8, 4) is 0 Å². The van der Waals surface area contributed by atoms with Gasteiger partial charge in [0.2, 0.25) is 0 Å². The predicted octanol–water partition coefficient (Wildman–Crippen LogP) is 1.33. The molecule has 1 aromatic rings. The second kappa shape index (κ2) is 6.49. The number of nitrogens with one attached hydrogen (secondary N) is 1. The van der Waals surface area contributed by atoms with Gasteiger partial charge in [-0.1, -0.05) is 20.8 Å². The summed E-state index contributed by atoms with van der Waals surface area (Å²) in [7, 11) is -3.58. The van der Waals surface area contributed by atoms with Crippen molar-refractivity contribution in [3.05, 3.63) is 12.5 Å². The Hall–Kier alpha value is -0.920. The van der Waals surface area contributed by atoms with Gasteiger partial charge >= 0.3 is 0 Å². The minimum absolute atomic E-state index is 0.126. The number of aromatic nitrogens is 2. The lowest BCUT2D eigenvalue weighted by Crippen LogP contribution is -2.55. The Morgan fingerprint density at radius 3 is 2.37 bits per heavy atom. The summed E-state index contributed by atoms with van der Waals surface area (Å²) < 4.78 is 26.9. The van der Waals surface area contributed by atoms with Crippen LogP contribution < -0.4 is 5.73 Å². The molecule has 0 atom stereocenters. The fourth-order valence-electron chi connectivity index (χ4n) is 2.31. The van der Waals surface area contributed by atoms with E-state index in [0.29, 0.717) is 25.9 Å². The molecule has 1 heterocycles. The third-order valence-corrected chi connectivity index (χ3v) is 5.62.